The lowest BCUT2D eigenvalue weighted by atomic mass is 10.2. The van der Waals surface area contributed by atoms with Crippen molar-refractivity contribution >= 4 is 43.8 Å². The molecule has 0 spiro atoms. The number of aromatic nitrogens is 2. The molecular weight excluding hydrogens is 448 g/mol. The molecule has 2 N–H and O–H groups in total. The zero-order valence-corrected chi connectivity index (χ0v) is 19.1. The fourth-order valence-electron chi connectivity index (χ4n) is 2.67. The van der Waals surface area contributed by atoms with E-state index in [0.29, 0.717) is 22.2 Å². The third kappa shape index (κ3) is 6.60. The highest BCUT2D eigenvalue weighted by Gasteiger charge is 2.33. The number of amides is 2. The van der Waals surface area contributed by atoms with Gasteiger partial charge in [0.15, 0.2) is 21.3 Å². The minimum absolute atomic E-state index is 0.0124. The molecule has 0 radical (unpaired) electrons. The van der Waals surface area contributed by atoms with E-state index in [1.165, 1.54) is 27.4 Å². The summed E-state index contributed by atoms with van der Waals surface area (Å²) in [5.74, 6) is -1.59. The van der Waals surface area contributed by atoms with Gasteiger partial charge in [0.1, 0.15) is 22.6 Å². The Morgan fingerprint density at radius 3 is 2.42 bits per heavy atom. The summed E-state index contributed by atoms with van der Waals surface area (Å²) < 4.78 is 40.6. The Balaban J connectivity index is 2.05. The molecule has 0 aliphatic heterocycles. The number of ether oxygens (including phenoxy) is 3. The van der Waals surface area contributed by atoms with Crippen molar-refractivity contribution in [3.63, 3.8) is 0 Å². The lowest BCUT2D eigenvalue weighted by molar-refractivity contribution is -0.115. The summed E-state index contributed by atoms with van der Waals surface area (Å²) in [6.07, 6.45) is -0.0124. The summed E-state index contributed by atoms with van der Waals surface area (Å²) in [5, 5.41) is 11.8. The maximum Gasteiger partial charge on any atom is 0.244 e. The normalized spacial score (nSPS) is 12.1. The van der Waals surface area contributed by atoms with Gasteiger partial charge in [0.2, 0.25) is 16.9 Å². The average molecular weight is 473 g/mol. The number of nitrogens with one attached hydrogen (secondary N) is 2. The van der Waals surface area contributed by atoms with Gasteiger partial charge in [0, 0.05) is 18.9 Å². The number of methoxy groups -OCH3 is 3. The maximum atomic E-state index is 12.7. The van der Waals surface area contributed by atoms with E-state index >= 15 is 0 Å². The van der Waals surface area contributed by atoms with Crippen LogP contribution in [0.4, 0.5) is 10.8 Å². The predicted molar refractivity (Wildman–Crippen MR) is 115 cm³/mol. The number of rotatable bonds is 11. The molecule has 0 bridgehead atoms. The number of carbonyl (C=O) groups excluding carboxylic acids is 2. The average Bonchev–Trinajstić information content (AvgIpc) is 3.14. The molecule has 13 heteroatoms. The van der Waals surface area contributed by atoms with Crippen LogP contribution >= 0.6 is 11.3 Å². The van der Waals surface area contributed by atoms with Crippen molar-refractivity contribution in [1.82, 2.24) is 10.2 Å². The molecule has 1 atom stereocenters. The van der Waals surface area contributed by atoms with Crippen LogP contribution in [0.1, 0.15) is 18.4 Å². The van der Waals surface area contributed by atoms with E-state index in [9.17, 15) is 18.0 Å². The van der Waals surface area contributed by atoms with Crippen LogP contribution in [0.2, 0.25) is 0 Å². The number of sulfone groups is 1. The first kappa shape index (κ1) is 24.5. The summed E-state index contributed by atoms with van der Waals surface area (Å²) in [6, 6.07) is 4.62. The molecule has 1 heterocycles. The molecule has 2 aromatic rings. The molecule has 11 nitrogen and oxygen atoms in total. The van der Waals surface area contributed by atoms with Gasteiger partial charge in [-0.2, -0.15) is 0 Å². The number of hydrogen-bond donors (Lipinski definition) is 2. The van der Waals surface area contributed by atoms with E-state index in [1.54, 1.807) is 19.1 Å². The lowest BCUT2D eigenvalue weighted by Crippen LogP contribution is -2.39. The Hall–Kier alpha value is -2.77. The van der Waals surface area contributed by atoms with Gasteiger partial charge in [-0.05, 0) is 18.6 Å². The first-order chi connectivity index (χ1) is 14.7. The fraction of sp³-hybridized carbons (Fsp3) is 0.444. The summed E-state index contributed by atoms with van der Waals surface area (Å²) in [5.41, 5.74) is 0.329. The monoisotopic (exact) mass is 472 g/mol. The zero-order valence-electron chi connectivity index (χ0n) is 17.5. The lowest BCUT2D eigenvalue weighted by Gasteiger charge is -2.15. The quantitative estimate of drug-likeness (QED) is 0.496. The molecule has 2 amide bonds. The van der Waals surface area contributed by atoms with Gasteiger partial charge in [-0.1, -0.05) is 18.3 Å². The van der Waals surface area contributed by atoms with Crippen molar-refractivity contribution in [2.75, 3.05) is 37.7 Å². The van der Waals surface area contributed by atoms with Crippen LogP contribution in [0, 0.1) is 0 Å². The van der Waals surface area contributed by atoms with Crippen molar-refractivity contribution in [3.8, 4) is 11.5 Å². The highest BCUT2D eigenvalue weighted by molar-refractivity contribution is 7.93. The fourth-order valence-corrected chi connectivity index (χ4v) is 4.92. The first-order valence-corrected chi connectivity index (χ1v) is 11.6. The van der Waals surface area contributed by atoms with E-state index in [0.717, 1.165) is 11.3 Å². The van der Waals surface area contributed by atoms with E-state index < -0.39 is 32.7 Å². The number of benzene rings is 1. The Labute approximate surface area is 184 Å². The topological polar surface area (TPSA) is 146 Å². The predicted octanol–water partition coefficient (Wildman–Crippen LogP) is 1.47. The number of hydrogen-bond acceptors (Lipinski definition) is 10. The van der Waals surface area contributed by atoms with Crippen LogP contribution in [0.15, 0.2) is 18.2 Å². The SMILES string of the molecule is CCC(C(=O)Nc1nnc(COC)s1)S(=O)(=O)CC(=O)Nc1ccc(OC)c(OC)c1. The second kappa shape index (κ2) is 11.0. The molecule has 1 aromatic heterocycles. The molecule has 31 heavy (non-hydrogen) atoms. The standard InChI is InChI=1S/C18H24N4O7S2/c1-5-14(17(24)20-18-22-21-16(30-18)9-27-2)31(25,26)10-15(23)19-11-6-7-12(28-3)13(8-11)29-4/h6-8,14H,5,9-10H2,1-4H3,(H,19,23)(H,20,22,24). The molecule has 2 rings (SSSR count). The Morgan fingerprint density at radius 2 is 1.81 bits per heavy atom. The van der Waals surface area contributed by atoms with Gasteiger partial charge < -0.3 is 19.5 Å². The molecule has 0 aliphatic carbocycles. The molecule has 1 aromatic carbocycles. The molecule has 1 unspecified atom stereocenters. The minimum atomic E-state index is -4.09. The Morgan fingerprint density at radius 1 is 1.10 bits per heavy atom. The maximum absolute atomic E-state index is 12.7. The van der Waals surface area contributed by atoms with Gasteiger partial charge in [-0.15, -0.1) is 10.2 Å². The molecule has 0 saturated carbocycles. The van der Waals surface area contributed by atoms with E-state index in [-0.39, 0.29) is 18.2 Å². The largest absolute Gasteiger partial charge is 0.493 e. The van der Waals surface area contributed by atoms with E-state index in [4.69, 9.17) is 14.2 Å². The van der Waals surface area contributed by atoms with Crippen LogP contribution in [-0.2, 0) is 30.8 Å². The van der Waals surface area contributed by atoms with Crippen LogP contribution in [-0.4, -0.2) is 62.8 Å². The van der Waals surface area contributed by atoms with Gasteiger partial charge in [0.05, 0.1) is 14.2 Å². The third-order valence-corrected chi connectivity index (χ3v) is 6.95. The van der Waals surface area contributed by atoms with Gasteiger partial charge in [-0.25, -0.2) is 8.42 Å². The zero-order chi connectivity index (χ0) is 23.0. The minimum Gasteiger partial charge on any atom is -0.493 e. The smallest absolute Gasteiger partial charge is 0.244 e. The summed E-state index contributed by atoms with van der Waals surface area (Å²) in [4.78, 5) is 24.8. The molecule has 0 saturated heterocycles. The summed E-state index contributed by atoms with van der Waals surface area (Å²) >= 11 is 1.07. The van der Waals surface area contributed by atoms with Gasteiger partial charge >= 0.3 is 0 Å². The number of anilines is 2. The second-order valence-electron chi connectivity index (χ2n) is 6.25. The summed E-state index contributed by atoms with van der Waals surface area (Å²) in [7, 11) is 0.311. The van der Waals surface area contributed by atoms with Crippen LogP contribution < -0.4 is 20.1 Å². The van der Waals surface area contributed by atoms with Crippen LogP contribution in [0.25, 0.3) is 0 Å². The van der Waals surface area contributed by atoms with Crippen molar-refractivity contribution in [2.24, 2.45) is 0 Å². The van der Waals surface area contributed by atoms with Crippen molar-refractivity contribution in [1.29, 1.82) is 0 Å². The highest BCUT2D eigenvalue weighted by Crippen LogP contribution is 2.29. The molecule has 170 valence electrons. The molecule has 0 aliphatic rings. The Bertz CT molecular complexity index is 1020. The van der Waals surface area contributed by atoms with Crippen molar-refractivity contribution < 1.29 is 32.2 Å². The van der Waals surface area contributed by atoms with Crippen molar-refractivity contribution in [2.45, 2.75) is 25.2 Å². The van der Waals surface area contributed by atoms with Crippen molar-refractivity contribution in [3.05, 3.63) is 23.2 Å². The number of nitrogens with zero attached hydrogens (tertiary/aromatic N) is 2. The van der Waals surface area contributed by atoms with Gasteiger partial charge in [-0.3, -0.25) is 14.9 Å². The first-order valence-electron chi connectivity index (χ1n) is 9.09. The van der Waals surface area contributed by atoms with E-state index in [1.807, 2.05) is 0 Å². The molecular formula is C18H24N4O7S2. The highest BCUT2D eigenvalue weighted by atomic mass is 32.2. The van der Waals surface area contributed by atoms with E-state index in [2.05, 4.69) is 20.8 Å². The van der Waals surface area contributed by atoms with Gasteiger partial charge in [0.25, 0.3) is 0 Å². The van der Waals surface area contributed by atoms with Crippen LogP contribution in [0.3, 0.4) is 0 Å². The Kier molecular flexibility index (Phi) is 8.71. The summed E-state index contributed by atoms with van der Waals surface area (Å²) in [6.45, 7) is 1.77. The second-order valence-corrected chi connectivity index (χ2v) is 9.49. The number of carbonyl (C=O) groups is 2. The van der Waals surface area contributed by atoms with Crippen LogP contribution in [0.5, 0.6) is 11.5 Å². The third-order valence-electron chi connectivity index (χ3n) is 4.06. The molecule has 0 fully saturated rings.